The van der Waals surface area contributed by atoms with Gasteiger partial charge in [0.25, 0.3) is 0 Å². The molecule has 0 atom stereocenters. The first kappa shape index (κ1) is 21.7. The smallest absolute Gasteiger partial charge is 0.325 e. The number of aromatic nitrogens is 5. The minimum Gasteiger partial charge on any atom is -0.325 e. The van der Waals surface area contributed by atoms with Crippen molar-refractivity contribution in [2.75, 3.05) is 5.75 Å². The van der Waals surface area contributed by atoms with Crippen LogP contribution in [0.1, 0.15) is 18.3 Å². The van der Waals surface area contributed by atoms with E-state index in [2.05, 4.69) is 15.1 Å². The van der Waals surface area contributed by atoms with Gasteiger partial charge in [-0.05, 0) is 24.0 Å². The second-order valence-corrected chi connectivity index (χ2v) is 8.74. The topological polar surface area (TPSA) is 48.5 Å². The Morgan fingerprint density at radius 1 is 1.06 bits per heavy atom. The number of aryl methyl sites for hydroxylation is 1. The zero-order valence-electron chi connectivity index (χ0n) is 15.9. The standard InChI is InChI=1S/C18H13F6N5S2/c1-3-30-11-7-14(29-5-4-12(27-29)17(19,20)21)31-15(11)16-26-9-6-13(18(22,23)24)25-8-10(9)28(16)2/h4-8H,3H2,1-2H3. The number of halogens is 6. The quantitative estimate of drug-likeness (QED) is 0.266. The molecule has 0 bridgehead atoms. The van der Waals surface area contributed by atoms with E-state index in [1.54, 1.807) is 17.7 Å². The number of nitrogens with zero attached hydrogens (tertiary/aromatic N) is 5. The van der Waals surface area contributed by atoms with Crippen LogP contribution in [0.15, 0.2) is 35.5 Å². The number of thiophene rings is 1. The third-order valence-electron chi connectivity index (χ3n) is 4.35. The highest BCUT2D eigenvalue weighted by Gasteiger charge is 2.34. The molecule has 0 aromatic carbocycles. The zero-order valence-corrected chi connectivity index (χ0v) is 17.5. The maximum atomic E-state index is 13.0. The first-order valence-corrected chi connectivity index (χ1v) is 10.6. The summed E-state index contributed by atoms with van der Waals surface area (Å²) >= 11 is 2.60. The van der Waals surface area contributed by atoms with Gasteiger partial charge < -0.3 is 4.57 Å². The molecule has 0 radical (unpaired) electrons. The molecule has 4 aromatic heterocycles. The van der Waals surface area contributed by atoms with Crippen molar-refractivity contribution >= 4 is 34.1 Å². The Labute approximate surface area is 179 Å². The lowest BCUT2D eigenvalue weighted by molar-refractivity contribution is -0.142. The summed E-state index contributed by atoms with van der Waals surface area (Å²) in [6.45, 7) is 1.91. The van der Waals surface area contributed by atoms with Crippen LogP contribution >= 0.6 is 23.1 Å². The van der Waals surface area contributed by atoms with Crippen LogP contribution in [0.2, 0.25) is 0 Å². The molecule has 5 nitrogen and oxygen atoms in total. The number of hydrogen-bond donors (Lipinski definition) is 0. The van der Waals surface area contributed by atoms with Crippen molar-refractivity contribution in [3.63, 3.8) is 0 Å². The number of thioether (sulfide) groups is 1. The Hall–Kier alpha value is -2.54. The van der Waals surface area contributed by atoms with E-state index < -0.39 is 23.7 Å². The van der Waals surface area contributed by atoms with Crippen LogP contribution < -0.4 is 0 Å². The molecule has 0 unspecified atom stereocenters. The van der Waals surface area contributed by atoms with Gasteiger partial charge in [-0.1, -0.05) is 6.92 Å². The Morgan fingerprint density at radius 3 is 2.39 bits per heavy atom. The number of fused-ring (bicyclic) bond motifs is 1. The highest BCUT2D eigenvalue weighted by molar-refractivity contribution is 7.99. The van der Waals surface area contributed by atoms with Crippen LogP contribution in [-0.2, 0) is 19.4 Å². The maximum Gasteiger partial charge on any atom is 0.435 e. The van der Waals surface area contributed by atoms with E-state index in [1.807, 2.05) is 6.92 Å². The molecule has 0 amide bonds. The van der Waals surface area contributed by atoms with Gasteiger partial charge in [0.05, 0.1) is 22.1 Å². The highest BCUT2D eigenvalue weighted by atomic mass is 32.2. The van der Waals surface area contributed by atoms with Gasteiger partial charge in [-0.15, -0.1) is 23.1 Å². The predicted octanol–water partition coefficient (Wildman–Crippen LogP) is 6.03. The van der Waals surface area contributed by atoms with Crippen LogP contribution in [0.4, 0.5) is 26.3 Å². The van der Waals surface area contributed by atoms with Crippen LogP contribution in [0, 0.1) is 0 Å². The van der Waals surface area contributed by atoms with E-state index in [4.69, 9.17) is 0 Å². The van der Waals surface area contributed by atoms with Crippen LogP contribution in [0.3, 0.4) is 0 Å². The Balaban J connectivity index is 1.83. The van der Waals surface area contributed by atoms with E-state index in [0.29, 0.717) is 27.0 Å². The van der Waals surface area contributed by atoms with Crippen molar-refractivity contribution in [1.29, 1.82) is 0 Å². The van der Waals surface area contributed by atoms with Gasteiger partial charge in [0.1, 0.15) is 10.7 Å². The summed E-state index contributed by atoms with van der Waals surface area (Å²) in [6.07, 6.45) is -6.83. The summed E-state index contributed by atoms with van der Waals surface area (Å²) in [5.41, 5.74) is -1.53. The summed E-state index contributed by atoms with van der Waals surface area (Å²) in [4.78, 5) is 9.20. The van der Waals surface area contributed by atoms with Gasteiger partial charge in [-0.3, -0.25) is 0 Å². The van der Waals surface area contributed by atoms with E-state index in [0.717, 1.165) is 39.2 Å². The molecule has 0 saturated heterocycles. The van der Waals surface area contributed by atoms with Gasteiger partial charge in [0.15, 0.2) is 11.5 Å². The van der Waals surface area contributed by atoms with E-state index >= 15 is 0 Å². The molecule has 164 valence electrons. The van der Waals surface area contributed by atoms with Crippen LogP contribution in [0.25, 0.3) is 26.7 Å². The number of alkyl halides is 6. The molecule has 4 heterocycles. The molecule has 4 aromatic rings. The average Bonchev–Trinajstić information content (AvgIpc) is 3.38. The number of rotatable bonds is 4. The molecule has 0 saturated carbocycles. The number of pyridine rings is 1. The maximum absolute atomic E-state index is 13.0. The zero-order chi connectivity index (χ0) is 22.6. The van der Waals surface area contributed by atoms with Gasteiger partial charge in [-0.25, -0.2) is 14.6 Å². The summed E-state index contributed by atoms with van der Waals surface area (Å²) in [5, 5.41) is 4.03. The first-order valence-electron chi connectivity index (χ1n) is 8.79. The molecule has 31 heavy (non-hydrogen) atoms. The number of imidazole rings is 1. The van der Waals surface area contributed by atoms with Crippen LogP contribution in [-0.4, -0.2) is 30.1 Å². The van der Waals surface area contributed by atoms with Crippen molar-refractivity contribution < 1.29 is 26.3 Å². The minimum atomic E-state index is -4.60. The Bertz CT molecular complexity index is 1250. The van der Waals surface area contributed by atoms with Gasteiger partial charge in [0.2, 0.25) is 0 Å². The van der Waals surface area contributed by atoms with Crippen LogP contribution in [0.5, 0.6) is 0 Å². The number of hydrogen-bond acceptors (Lipinski definition) is 5. The molecule has 0 aliphatic heterocycles. The third-order valence-corrected chi connectivity index (χ3v) is 6.52. The Morgan fingerprint density at radius 2 is 1.77 bits per heavy atom. The second-order valence-electron chi connectivity index (χ2n) is 6.40. The molecular weight excluding hydrogens is 464 g/mol. The summed E-state index contributed by atoms with van der Waals surface area (Å²) < 4.78 is 80.4. The van der Waals surface area contributed by atoms with E-state index in [9.17, 15) is 26.3 Å². The van der Waals surface area contributed by atoms with Gasteiger partial charge >= 0.3 is 12.4 Å². The lowest BCUT2D eigenvalue weighted by Gasteiger charge is -2.05. The fraction of sp³-hybridized carbons (Fsp3) is 0.278. The highest BCUT2D eigenvalue weighted by Crippen LogP contribution is 2.41. The molecular formula is C18H13F6N5S2. The van der Waals surface area contributed by atoms with Crippen molar-refractivity contribution in [1.82, 2.24) is 24.3 Å². The summed E-state index contributed by atoms with van der Waals surface area (Å²) in [5.74, 6) is 1.08. The van der Waals surface area contributed by atoms with Crippen molar-refractivity contribution in [2.45, 2.75) is 24.2 Å². The molecule has 0 fully saturated rings. The molecule has 0 aliphatic rings. The lowest BCUT2D eigenvalue weighted by Crippen LogP contribution is -2.07. The van der Waals surface area contributed by atoms with Gasteiger partial charge in [0, 0.05) is 18.1 Å². The first-order chi connectivity index (χ1) is 14.5. The van der Waals surface area contributed by atoms with E-state index in [1.165, 1.54) is 18.0 Å². The lowest BCUT2D eigenvalue weighted by atomic mass is 10.3. The Kier molecular flexibility index (Phi) is 5.28. The normalized spacial score (nSPS) is 12.8. The molecule has 0 N–H and O–H groups in total. The van der Waals surface area contributed by atoms with Crippen molar-refractivity contribution in [2.24, 2.45) is 7.05 Å². The molecule has 4 rings (SSSR count). The molecule has 0 aliphatic carbocycles. The summed E-state index contributed by atoms with van der Waals surface area (Å²) in [7, 11) is 1.65. The fourth-order valence-corrected chi connectivity index (χ4v) is 5.06. The van der Waals surface area contributed by atoms with Crippen molar-refractivity contribution in [3.8, 4) is 15.7 Å². The fourth-order valence-electron chi connectivity index (χ4n) is 2.94. The van der Waals surface area contributed by atoms with Crippen molar-refractivity contribution in [3.05, 3.63) is 42.0 Å². The van der Waals surface area contributed by atoms with Gasteiger partial charge in [-0.2, -0.15) is 31.4 Å². The van der Waals surface area contributed by atoms with E-state index in [-0.39, 0.29) is 5.52 Å². The molecule has 13 heteroatoms. The second kappa shape index (κ2) is 7.55. The SMILES string of the molecule is CCSc1cc(-n2ccc(C(F)(F)F)n2)sc1-c1nc2cc(C(F)(F)F)ncc2n1C. The monoisotopic (exact) mass is 477 g/mol. The third kappa shape index (κ3) is 4.03. The predicted molar refractivity (Wildman–Crippen MR) is 105 cm³/mol. The minimum absolute atomic E-state index is 0.126. The average molecular weight is 477 g/mol. The summed E-state index contributed by atoms with van der Waals surface area (Å²) in [6, 6.07) is 3.45. The largest absolute Gasteiger partial charge is 0.435 e. The molecule has 0 spiro atoms.